The summed E-state index contributed by atoms with van der Waals surface area (Å²) in [4.78, 5) is 22.5. The van der Waals surface area contributed by atoms with Gasteiger partial charge in [0, 0.05) is 11.1 Å². The van der Waals surface area contributed by atoms with E-state index in [1.54, 1.807) is 0 Å². The molecule has 0 saturated heterocycles. The van der Waals surface area contributed by atoms with Gasteiger partial charge in [-0.05, 0) is 30.5 Å². The molecule has 0 aromatic heterocycles. The smallest absolute Gasteiger partial charge is 0.307 e. The largest absolute Gasteiger partial charge is 0.481 e. The van der Waals surface area contributed by atoms with Gasteiger partial charge in [0.2, 0.25) is 5.91 Å². The van der Waals surface area contributed by atoms with Crippen molar-refractivity contribution in [2.75, 3.05) is 5.32 Å². The second kappa shape index (κ2) is 4.99. The van der Waals surface area contributed by atoms with Crippen molar-refractivity contribution in [1.29, 1.82) is 0 Å². The van der Waals surface area contributed by atoms with Crippen molar-refractivity contribution in [2.45, 2.75) is 32.6 Å². The normalized spacial score (nSPS) is 16.5. The van der Waals surface area contributed by atoms with Crippen LogP contribution in [0, 0.1) is 11.2 Å². The molecule has 0 spiro atoms. The van der Waals surface area contributed by atoms with Gasteiger partial charge in [-0.3, -0.25) is 9.59 Å². The van der Waals surface area contributed by atoms with Gasteiger partial charge in [0.1, 0.15) is 5.82 Å². The third-order valence-electron chi connectivity index (χ3n) is 3.66. The van der Waals surface area contributed by atoms with E-state index in [2.05, 4.69) is 5.32 Å². The van der Waals surface area contributed by atoms with E-state index < -0.39 is 11.8 Å². The number of amides is 1. The highest BCUT2D eigenvalue weighted by Gasteiger charge is 2.39. The van der Waals surface area contributed by atoms with Crippen LogP contribution in [0.25, 0.3) is 0 Å². The molecule has 5 heteroatoms. The number of rotatable bonds is 4. The molecule has 0 heterocycles. The van der Waals surface area contributed by atoms with E-state index in [9.17, 15) is 14.0 Å². The van der Waals surface area contributed by atoms with E-state index in [1.807, 2.05) is 6.92 Å². The standard InChI is InChI=1S/C14H16FNO3/c1-14(5-2-6-14)13(19)16-10-4-3-9(7-12(17)18)11(15)8-10/h3-4,8H,2,5-7H2,1H3,(H,16,19)(H,17,18). The van der Waals surface area contributed by atoms with Gasteiger partial charge in [0.05, 0.1) is 6.42 Å². The monoisotopic (exact) mass is 265 g/mol. The molecule has 1 aliphatic carbocycles. The molecule has 1 aromatic carbocycles. The highest BCUT2D eigenvalue weighted by molar-refractivity contribution is 5.95. The van der Waals surface area contributed by atoms with E-state index in [-0.39, 0.29) is 23.3 Å². The summed E-state index contributed by atoms with van der Waals surface area (Å²) < 4.78 is 13.6. The van der Waals surface area contributed by atoms with Crippen molar-refractivity contribution >= 4 is 17.6 Å². The number of hydrogen-bond acceptors (Lipinski definition) is 2. The van der Waals surface area contributed by atoms with Gasteiger partial charge >= 0.3 is 5.97 Å². The summed E-state index contributed by atoms with van der Waals surface area (Å²) in [5.74, 6) is -1.80. The fourth-order valence-electron chi connectivity index (χ4n) is 2.15. The first kappa shape index (κ1) is 13.5. The Hall–Kier alpha value is -1.91. The number of benzene rings is 1. The molecule has 1 amide bonds. The maximum atomic E-state index is 13.6. The van der Waals surface area contributed by atoms with Crippen LogP contribution in [0.1, 0.15) is 31.7 Å². The molecule has 4 nitrogen and oxygen atoms in total. The molecular formula is C14H16FNO3. The van der Waals surface area contributed by atoms with E-state index in [0.29, 0.717) is 5.69 Å². The van der Waals surface area contributed by atoms with E-state index in [1.165, 1.54) is 12.1 Å². The lowest BCUT2D eigenvalue weighted by Crippen LogP contribution is -2.39. The van der Waals surface area contributed by atoms with Gasteiger partial charge in [-0.1, -0.05) is 19.4 Å². The summed E-state index contributed by atoms with van der Waals surface area (Å²) in [6.07, 6.45) is 2.37. The number of hydrogen-bond donors (Lipinski definition) is 2. The number of carboxylic acid groups (broad SMARTS) is 1. The van der Waals surface area contributed by atoms with Gasteiger partial charge in [0.15, 0.2) is 0 Å². The average molecular weight is 265 g/mol. The van der Waals surface area contributed by atoms with Crippen molar-refractivity contribution in [1.82, 2.24) is 0 Å². The quantitative estimate of drug-likeness (QED) is 0.879. The highest BCUT2D eigenvalue weighted by Crippen LogP contribution is 2.41. The minimum absolute atomic E-state index is 0.107. The van der Waals surface area contributed by atoms with E-state index >= 15 is 0 Å². The van der Waals surface area contributed by atoms with Gasteiger partial charge in [-0.15, -0.1) is 0 Å². The van der Waals surface area contributed by atoms with Crippen LogP contribution < -0.4 is 5.32 Å². The first-order valence-electron chi connectivity index (χ1n) is 6.22. The third kappa shape index (κ3) is 2.92. The van der Waals surface area contributed by atoms with Crippen molar-refractivity contribution in [3.8, 4) is 0 Å². The molecule has 0 bridgehead atoms. The Labute approximate surface area is 110 Å². The summed E-state index contributed by atoms with van der Waals surface area (Å²) in [6, 6.07) is 4.08. The Balaban J connectivity index is 2.07. The molecule has 0 unspecified atom stereocenters. The van der Waals surface area contributed by atoms with E-state index in [0.717, 1.165) is 25.3 Å². The zero-order valence-electron chi connectivity index (χ0n) is 10.7. The molecule has 0 atom stereocenters. The lowest BCUT2D eigenvalue weighted by atomic mass is 9.70. The molecule has 0 radical (unpaired) electrons. The Morgan fingerprint density at radius 3 is 2.58 bits per heavy atom. The third-order valence-corrected chi connectivity index (χ3v) is 3.66. The van der Waals surface area contributed by atoms with Crippen LogP contribution in [0.3, 0.4) is 0 Å². The number of anilines is 1. The molecule has 102 valence electrons. The van der Waals surface area contributed by atoms with Crippen LogP contribution in [0.4, 0.5) is 10.1 Å². The molecule has 1 saturated carbocycles. The molecule has 1 aromatic rings. The number of halogens is 1. The minimum Gasteiger partial charge on any atom is -0.481 e. The Morgan fingerprint density at radius 2 is 2.11 bits per heavy atom. The maximum Gasteiger partial charge on any atom is 0.307 e. The van der Waals surface area contributed by atoms with Crippen molar-refractivity contribution in [3.05, 3.63) is 29.6 Å². The zero-order chi connectivity index (χ0) is 14.0. The lowest BCUT2D eigenvalue weighted by Gasteiger charge is -2.36. The molecule has 0 aliphatic heterocycles. The van der Waals surface area contributed by atoms with Crippen LogP contribution in [-0.4, -0.2) is 17.0 Å². The predicted molar refractivity (Wildman–Crippen MR) is 68.3 cm³/mol. The van der Waals surface area contributed by atoms with Crippen molar-refractivity contribution in [3.63, 3.8) is 0 Å². The minimum atomic E-state index is -1.09. The summed E-state index contributed by atoms with van der Waals surface area (Å²) in [5, 5.41) is 11.3. The SMILES string of the molecule is CC1(C(=O)Nc2ccc(CC(=O)O)c(F)c2)CCC1. The zero-order valence-corrected chi connectivity index (χ0v) is 10.7. The van der Waals surface area contributed by atoms with Crippen molar-refractivity contribution < 1.29 is 19.1 Å². The van der Waals surface area contributed by atoms with Crippen LogP contribution in [0.15, 0.2) is 18.2 Å². The summed E-state index contributed by atoms with van der Waals surface area (Å²) in [7, 11) is 0. The van der Waals surface area contributed by atoms with E-state index in [4.69, 9.17) is 5.11 Å². The summed E-state index contributed by atoms with van der Waals surface area (Å²) in [5.41, 5.74) is 0.126. The Bertz CT molecular complexity index is 523. The fourth-order valence-corrected chi connectivity index (χ4v) is 2.15. The topological polar surface area (TPSA) is 66.4 Å². The molecule has 1 aliphatic rings. The van der Waals surface area contributed by atoms with Gasteiger partial charge in [-0.2, -0.15) is 0 Å². The molecular weight excluding hydrogens is 249 g/mol. The van der Waals surface area contributed by atoms with Crippen LogP contribution in [0.5, 0.6) is 0 Å². The van der Waals surface area contributed by atoms with Crippen LogP contribution in [-0.2, 0) is 16.0 Å². The summed E-state index contributed by atoms with van der Waals surface area (Å²) >= 11 is 0. The Kier molecular flexibility index (Phi) is 3.55. The first-order valence-corrected chi connectivity index (χ1v) is 6.22. The average Bonchev–Trinajstić information content (AvgIpc) is 2.29. The number of carbonyl (C=O) groups excluding carboxylic acids is 1. The van der Waals surface area contributed by atoms with Crippen LogP contribution in [0.2, 0.25) is 0 Å². The van der Waals surface area contributed by atoms with Crippen molar-refractivity contribution in [2.24, 2.45) is 5.41 Å². The second-order valence-corrected chi connectivity index (χ2v) is 5.25. The fraction of sp³-hybridized carbons (Fsp3) is 0.429. The molecule has 2 N–H and O–H groups in total. The molecule has 1 fully saturated rings. The second-order valence-electron chi connectivity index (χ2n) is 5.25. The number of carboxylic acids is 1. The Morgan fingerprint density at radius 1 is 1.42 bits per heavy atom. The lowest BCUT2D eigenvalue weighted by molar-refractivity contribution is -0.136. The molecule has 2 rings (SSSR count). The highest BCUT2D eigenvalue weighted by atomic mass is 19.1. The van der Waals surface area contributed by atoms with Gasteiger partial charge < -0.3 is 10.4 Å². The first-order chi connectivity index (χ1) is 8.90. The van der Waals surface area contributed by atoms with Crippen LogP contribution >= 0.6 is 0 Å². The molecule has 19 heavy (non-hydrogen) atoms. The number of carbonyl (C=O) groups is 2. The predicted octanol–water partition coefficient (Wildman–Crippen LogP) is 2.58. The van der Waals surface area contributed by atoms with Gasteiger partial charge in [-0.25, -0.2) is 4.39 Å². The number of nitrogens with one attached hydrogen (secondary N) is 1. The summed E-state index contributed by atoms with van der Waals surface area (Å²) in [6.45, 7) is 1.89. The number of aliphatic carboxylic acids is 1. The maximum absolute atomic E-state index is 13.6. The van der Waals surface area contributed by atoms with Gasteiger partial charge in [0.25, 0.3) is 0 Å².